The predicted molar refractivity (Wildman–Crippen MR) is 49.5 cm³/mol. The number of hydrogen-bond donors (Lipinski definition) is 1. The molecule has 2 atom stereocenters. The van der Waals surface area contributed by atoms with Crippen LogP contribution < -0.4 is 0 Å². The van der Waals surface area contributed by atoms with Crippen molar-refractivity contribution in [2.24, 2.45) is 11.8 Å². The minimum atomic E-state index is -0.0973. The highest BCUT2D eigenvalue weighted by Crippen LogP contribution is 2.20. The van der Waals surface area contributed by atoms with Crippen LogP contribution in [0.4, 0.5) is 0 Å². The molecule has 0 bridgehead atoms. The Balaban J connectivity index is 3.81. The van der Waals surface area contributed by atoms with E-state index in [0.29, 0.717) is 11.8 Å². The molecule has 0 amide bonds. The third-order valence-electron chi connectivity index (χ3n) is 2.35. The summed E-state index contributed by atoms with van der Waals surface area (Å²) in [5, 5.41) is 9.72. The first-order chi connectivity index (χ1) is 5.13. The van der Waals surface area contributed by atoms with Crippen molar-refractivity contribution in [3.8, 4) is 0 Å². The van der Waals surface area contributed by atoms with E-state index in [1.54, 1.807) is 0 Å². The average molecular weight is 158 g/mol. The Morgan fingerprint density at radius 3 is 2.00 bits per heavy atom. The third kappa shape index (κ3) is 3.76. The molecular weight excluding hydrogens is 136 g/mol. The van der Waals surface area contributed by atoms with Gasteiger partial charge in [0.05, 0.1) is 6.10 Å². The van der Waals surface area contributed by atoms with Crippen LogP contribution in [-0.4, -0.2) is 11.2 Å². The minimum absolute atomic E-state index is 0.0973. The summed E-state index contributed by atoms with van der Waals surface area (Å²) in [5.41, 5.74) is 0. The van der Waals surface area contributed by atoms with Gasteiger partial charge in [-0.2, -0.15) is 0 Å². The molecule has 0 aliphatic heterocycles. The van der Waals surface area contributed by atoms with Crippen molar-refractivity contribution in [2.45, 2.75) is 53.1 Å². The topological polar surface area (TPSA) is 20.2 Å². The third-order valence-corrected chi connectivity index (χ3v) is 2.35. The van der Waals surface area contributed by atoms with E-state index in [1.807, 2.05) is 0 Å². The van der Waals surface area contributed by atoms with Gasteiger partial charge in [-0.15, -0.1) is 0 Å². The number of aliphatic hydroxyl groups excluding tert-OH is 1. The zero-order valence-electron chi connectivity index (χ0n) is 8.30. The fraction of sp³-hybridized carbons (Fsp3) is 1.00. The lowest BCUT2D eigenvalue weighted by Crippen LogP contribution is -2.25. The van der Waals surface area contributed by atoms with E-state index in [4.69, 9.17) is 0 Å². The Bertz CT molecular complexity index is 88.9. The maximum atomic E-state index is 9.72. The highest BCUT2D eigenvalue weighted by atomic mass is 16.3. The second-order valence-electron chi connectivity index (χ2n) is 3.69. The van der Waals surface area contributed by atoms with Crippen LogP contribution in [0.15, 0.2) is 0 Å². The van der Waals surface area contributed by atoms with Gasteiger partial charge in [-0.25, -0.2) is 0 Å². The molecule has 0 radical (unpaired) electrons. The number of rotatable bonds is 5. The Morgan fingerprint density at radius 1 is 1.18 bits per heavy atom. The summed E-state index contributed by atoms with van der Waals surface area (Å²) in [4.78, 5) is 0. The zero-order valence-corrected chi connectivity index (χ0v) is 8.30. The highest BCUT2D eigenvalue weighted by molar-refractivity contribution is 4.69. The summed E-state index contributed by atoms with van der Waals surface area (Å²) >= 11 is 0. The van der Waals surface area contributed by atoms with Gasteiger partial charge in [-0.3, -0.25) is 0 Å². The Morgan fingerprint density at radius 2 is 1.73 bits per heavy atom. The first kappa shape index (κ1) is 11.0. The maximum absolute atomic E-state index is 9.72. The van der Waals surface area contributed by atoms with Gasteiger partial charge in [-0.1, -0.05) is 40.5 Å². The smallest absolute Gasteiger partial charge is 0.0591 e. The monoisotopic (exact) mass is 158 g/mol. The lowest BCUT2D eigenvalue weighted by molar-refractivity contribution is 0.0579. The Hall–Kier alpha value is -0.0400. The van der Waals surface area contributed by atoms with Crippen molar-refractivity contribution in [2.75, 3.05) is 0 Å². The first-order valence-electron chi connectivity index (χ1n) is 4.81. The molecule has 1 nitrogen and oxygen atoms in total. The average Bonchev–Trinajstić information content (AvgIpc) is 1.98. The molecule has 68 valence electrons. The van der Waals surface area contributed by atoms with Gasteiger partial charge in [0.25, 0.3) is 0 Å². The lowest BCUT2D eigenvalue weighted by Gasteiger charge is -2.24. The molecule has 0 fully saturated rings. The highest BCUT2D eigenvalue weighted by Gasteiger charge is 2.18. The van der Waals surface area contributed by atoms with E-state index in [1.165, 1.54) is 6.42 Å². The van der Waals surface area contributed by atoms with Gasteiger partial charge in [-0.05, 0) is 18.3 Å². The van der Waals surface area contributed by atoms with Gasteiger partial charge in [0.15, 0.2) is 0 Å². The predicted octanol–water partition coefficient (Wildman–Crippen LogP) is 2.83. The van der Waals surface area contributed by atoms with Crippen molar-refractivity contribution in [3.05, 3.63) is 0 Å². The molecule has 0 aromatic rings. The van der Waals surface area contributed by atoms with E-state index in [-0.39, 0.29) is 6.10 Å². The van der Waals surface area contributed by atoms with Crippen molar-refractivity contribution < 1.29 is 5.11 Å². The van der Waals surface area contributed by atoms with Crippen molar-refractivity contribution >= 4 is 0 Å². The molecule has 1 heteroatoms. The van der Waals surface area contributed by atoms with Crippen LogP contribution in [0.1, 0.15) is 47.0 Å². The first-order valence-corrected chi connectivity index (χ1v) is 4.81. The molecular formula is C10H22O. The second kappa shape index (κ2) is 5.59. The van der Waals surface area contributed by atoms with Crippen molar-refractivity contribution in [1.82, 2.24) is 0 Å². The van der Waals surface area contributed by atoms with E-state index in [2.05, 4.69) is 27.7 Å². The molecule has 0 aliphatic carbocycles. The molecule has 11 heavy (non-hydrogen) atoms. The van der Waals surface area contributed by atoms with Crippen molar-refractivity contribution in [1.29, 1.82) is 0 Å². The summed E-state index contributed by atoms with van der Waals surface area (Å²) in [5.74, 6) is 0.923. The molecule has 0 aromatic carbocycles. The quantitative estimate of drug-likeness (QED) is 0.652. The van der Waals surface area contributed by atoms with E-state index in [0.717, 1.165) is 12.8 Å². The van der Waals surface area contributed by atoms with Crippen molar-refractivity contribution in [3.63, 3.8) is 0 Å². The van der Waals surface area contributed by atoms with Gasteiger partial charge in [0, 0.05) is 0 Å². The van der Waals surface area contributed by atoms with Gasteiger partial charge in [0.1, 0.15) is 0 Å². The van der Waals surface area contributed by atoms with Gasteiger partial charge >= 0.3 is 0 Å². The fourth-order valence-electron chi connectivity index (χ4n) is 1.53. The molecule has 0 saturated carbocycles. The summed E-state index contributed by atoms with van der Waals surface area (Å²) in [7, 11) is 0. The zero-order chi connectivity index (χ0) is 8.85. The van der Waals surface area contributed by atoms with E-state index in [9.17, 15) is 5.11 Å². The summed E-state index contributed by atoms with van der Waals surface area (Å²) in [6.45, 7) is 8.51. The minimum Gasteiger partial charge on any atom is -0.393 e. The van der Waals surface area contributed by atoms with Gasteiger partial charge < -0.3 is 5.11 Å². The summed E-state index contributed by atoms with van der Waals surface area (Å²) in [6.07, 6.45) is 3.35. The van der Waals surface area contributed by atoms with Crippen LogP contribution in [0.3, 0.4) is 0 Å². The maximum Gasteiger partial charge on any atom is 0.0591 e. The number of aliphatic hydroxyl groups is 1. The van der Waals surface area contributed by atoms with Crippen LogP contribution in [0.5, 0.6) is 0 Å². The Labute approximate surface area is 70.8 Å². The molecule has 0 rings (SSSR count). The number of hydrogen-bond acceptors (Lipinski definition) is 1. The Kier molecular flexibility index (Phi) is 5.57. The summed E-state index contributed by atoms with van der Waals surface area (Å²) < 4.78 is 0. The van der Waals surface area contributed by atoms with Gasteiger partial charge in [0.2, 0.25) is 0 Å². The molecule has 0 spiro atoms. The lowest BCUT2D eigenvalue weighted by atomic mass is 9.88. The largest absolute Gasteiger partial charge is 0.393 e. The molecule has 0 heterocycles. The van der Waals surface area contributed by atoms with Crippen LogP contribution in [0.2, 0.25) is 0 Å². The SMILES string of the molecule is CCCC(CC)C(O)C(C)C. The molecule has 1 N–H and O–H groups in total. The van der Waals surface area contributed by atoms with E-state index >= 15 is 0 Å². The second-order valence-corrected chi connectivity index (χ2v) is 3.69. The molecule has 0 aliphatic rings. The van der Waals surface area contributed by atoms with E-state index < -0.39 is 0 Å². The van der Waals surface area contributed by atoms with Crippen LogP contribution >= 0.6 is 0 Å². The normalized spacial score (nSPS) is 16.9. The fourth-order valence-corrected chi connectivity index (χ4v) is 1.53. The molecule has 0 aromatic heterocycles. The molecule has 0 saturated heterocycles. The van der Waals surface area contributed by atoms with Crippen LogP contribution in [-0.2, 0) is 0 Å². The standard InChI is InChI=1S/C10H22O/c1-5-7-9(6-2)10(11)8(3)4/h8-11H,5-7H2,1-4H3. The van der Waals surface area contributed by atoms with Crippen LogP contribution in [0, 0.1) is 11.8 Å². The molecule has 2 unspecified atom stereocenters. The summed E-state index contributed by atoms with van der Waals surface area (Å²) in [6, 6.07) is 0. The van der Waals surface area contributed by atoms with Crippen LogP contribution in [0.25, 0.3) is 0 Å².